The summed E-state index contributed by atoms with van der Waals surface area (Å²) in [6.45, 7) is 1.08. The molecule has 0 aliphatic carbocycles. The second-order valence-electron chi connectivity index (χ2n) is 3.55. The van der Waals surface area contributed by atoms with Crippen LogP contribution in [-0.2, 0) is 0 Å². The Morgan fingerprint density at radius 1 is 1.67 bits per heavy atom. The van der Waals surface area contributed by atoms with Crippen LogP contribution in [0.15, 0.2) is 18.5 Å². The van der Waals surface area contributed by atoms with Crippen molar-refractivity contribution < 1.29 is 9.90 Å². The van der Waals surface area contributed by atoms with Crippen LogP contribution in [0, 0.1) is 3.57 Å². The van der Waals surface area contributed by atoms with Gasteiger partial charge in [-0.05, 0) is 35.1 Å². The molecular weight excluding hydrogens is 307 g/mol. The summed E-state index contributed by atoms with van der Waals surface area (Å²) < 4.78 is 0.849. The standard InChI is InChI=1S/C10H11IN2O2/c11-9-5-12-3-1-8(9)10(15)13-4-2-7(14)6-13/h1,3,5,7,14H,2,4,6H2/t7-/m1/s1. The number of halogens is 1. The molecule has 2 heterocycles. The first kappa shape index (κ1) is 10.8. The van der Waals surface area contributed by atoms with Crippen LogP contribution in [-0.4, -0.2) is 40.1 Å². The summed E-state index contributed by atoms with van der Waals surface area (Å²) >= 11 is 2.09. The molecule has 1 aliphatic rings. The minimum atomic E-state index is -0.367. The number of nitrogens with zero attached hydrogens (tertiary/aromatic N) is 2. The van der Waals surface area contributed by atoms with Gasteiger partial charge in [-0.1, -0.05) is 0 Å². The highest BCUT2D eigenvalue weighted by atomic mass is 127. The van der Waals surface area contributed by atoms with E-state index >= 15 is 0 Å². The van der Waals surface area contributed by atoms with Gasteiger partial charge in [-0.3, -0.25) is 9.78 Å². The largest absolute Gasteiger partial charge is 0.391 e. The number of hydrogen-bond acceptors (Lipinski definition) is 3. The highest BCUT2D eigenvalue weighted by Gasteiger charge is 2.26. The number of pyridine rings is 1. The number of aliphatic hydroxyl groups excluding tert-OH is 1. The summed E-state index contributed by atoms with van der Waals surface area (Å²) in [6, 6.07) is 1.72. The van der Waals surface area contributed by atoms with Gasteiger partial charge in [-0.25, -0.2) is 0 Å². The van der Waals surface area contributed by atoms with E-state index in [9.17, 15) is 9.90 Å². The van der Waals surface area contributed by atoms with Crippen LogP contribution in [0.25, 0.3) is 0 Å². The summed E-state index contributed by atoms with van der Waals surface area (Å²) in [6.07, 6.45) is 3.59. The maximum absolute atomic E-state index is 12.0. The van der Waals surface area contributed by atoms with Crippen LogP contribution in [0.5, 0.6) is 0 Å². The van der Waals surface area contributed by atoms with Crippen molar-refractivity contribution in [2.75, 3.05) is 13.1 Å². The Bertz CT molecular complexity index is 383. The predicted molar refractivity (Wildman–Crippen MR) is 63.5 cm³/mol. The molecule has 0 radical (unpaired) electrons. The van der Waals surface area contributed by atoms with Crippen LogP contribution in [0.4, 0.5) is 0 Å². The van der Waals surface area contributed by atoms with E-state index in [4.69, 9.17) is 0 Å². The van der Waals surface area contributed by atoms with E-state index in [0.29, 0.717) is 25.1 Å². The molecule has 0 bridgehead atoms. The van der Waals surface area contributed by atoms with Gasteiger partial charge in [0.05, 0.1) is 11.7 Å². The number of likely N-dealkylation sites (tertiary alicyclic amines) is 1. The molecule has 0 aromatic carbocycles. The second-order valence-corrected chi connectivity index (χ2v) is 4.71. The van der Waals surface area contributed by atoms with Crippen molar-refractivity contribution in [1.82, 2.24) is 9.88 Å². The van der Waals surface area contributed by atoms with E-state index < -0.39 is 0 Å². The molecule has 1 aromatic rings. The average molecular weight is 318 g/mol. The normalized spacial score (nSPS) is 20.7. The van der Waals surface area contributed by atoms with Crippen LogP contribution in [0.1, 0.15) is 16.8 Å². The number of aromatic nitrogens is 1. The zero-order valence-electron chi connectivity index (χ0n) is 8.06. The molecule has 2 rings (SSSR count). The van der Waals surface area contributed by atoms with Crippen LogP contribution in [0.2, 0.25) is 0 Å². The Labute approximate surface area is 101 Å². The average Bonchev–Trinajstić information content (AvgIpc) is 2.65. The molecule has 0 unspecified atom stereocenters. The van der Waals surface area contributed by atoms with Gasteiger partial charge in [-0.2, -0.15) is 0 Å². The molecule has 1 atom stereocenters. The second kappa shape index (κ2) is 4.44. The first-order chi connectivity index (χ1) is 7.18. The summed E-state index contributed by atoms with van der Waals surface area (Å²) in [5, 5.41) is 9.36. The minimum Gasteiger partial charge on any atom is -0.391 e. The summed E-state index contributed by atoms with van der Waals surface area (Å²) in [7, 11) is 0. The molecule has 0 spiro atoms. The summed E-state index contributed by atoms with van der Waals surface area (Å²) in [5.41, 5.74) is 0.666. The molecule has 1 saturated heterocycles. The molecule has 1 N–H and O–H groups in total. The van der Waals surface area contributed by atoms with E-state index in [0.717, 1.165) is 3.57 Å². The van der Waals surface area contributed by atoms with Crippen molar-refractivity contribution in [1.29, 1.82) is 0 Å². The SMILES string of the molecule is O=C(c1ccncc1I)N1CC[C@@H](O)C1. The Kier molecular flexibility index (Phi) is 3.20. The molecule has 1 aliphatic heterocycles. The minimum absolute atomic E-state index is 0.0154. The lowest BCUT2D eigenvalue weighted by Gasteiger charge is -2.15. The van der Waals surface area contributed by atoms with Crippen molar-refractivity contribution >= 4 is 28.5 Å². The Hall–Kier alpha value is -0.690. The molecule has 15 heavy (non-hydrogen) atoms. The van der Waals surface area contributed by atoms with Gasteiger partial charge in [0.15, 0.2) is 0 Å². The van der Waals surface area contributed by atoms with Crippen LogP contribution in [0.3, 0.4) is 0 Å². The predicted octanol–water partition coefficient (Wildman–Crippen LogP) is 0.893. The van der Waals surface area contributed by atoms with Crippen molar-refractivity contribution in [3.8, 4) is 0 Å². The van der Waals surface area contributed by atoms with E-state index in [-0.39, 0.29) is 12.0 Å². The Morgan fingerprint density at radius 3 is 3.07 bits per heavy atom. The fourth-order valence-corrected chi connectivity index (χ4v) is 2.22. The maximum atomic E-state index is 12.0. The smallest absolute Gasteiger partial charge is 0.255 e. The van der Waals surface area contributed by atoms with Gasteiger partial charge in [0.1, 0.15) is 0 Å². The first-order valence-corrected chi connectivity index (χ1v) is 5.83. The molecular formula is C10H11IN2O2. The van der Waals surface area contributed by atoms with E-state index in [1.165, 1.54) is 0 Å². The monoisotopic (exact) mass is 318 g/mol. The first-order valence-electron chi connectivity index (χ1n) is 4.75. The zero-order valence-corrected chi connectivity index (χ0v) is 10.2. The van der Waals surface area contributed by atoms with Crippen molar-refractivity contribution in [2.24, 2.45) is 0 Å². The number of carbonyl (C=O) groups is 1. The van der Waals surface area contributed by atoms with Crippen LogP contribution < -0.4 is 0 Å². The van der Waals surface area contributed by atoms with Gasteiger partial charge < -0.3 is 10.0 Å². The third-order valence-electron chi connectivity index (χ3n) is 2.45. The molecule has 4 nitrogen and oxygen atoms in total. The van der Waals surface area contributed by atoms with Crippen LogP contribution >= 0.6 is 22.6 Å². The topological polar surface area (TPSA) is 53.4 Å². The van der Waals surface area contributed by atoms with Gasteiger partial charge in [0.2, 0.25) is 0 Å². The molecule has 0 saturated carbocycles. The number of hydrogen-bond donors (Lipinski definition) is 1. The molecule has 80 valence electrons. The lowest BCUT2D eigenvalue weighted by molar-refractivity contribution is 0.0764. The third kappa shape index (κ3) is 2.28. The number of amides is 1. The number of rotatable bonds is 1. The third-order valence-corrected chi connectivity index (χ3v) is 3.31. The highest BCUT2D eigenvalue weighted by molar-refractivity contribution is 14.1. The van der Waals surface area contributed by atoms with E-state index in [2.05, 4.69) is 27.6 Å². The molecule has 1 fully saturated rings. The van der Waals surface area contributed by atoms with E-state index in [1.54, 1.807) is 23.4 Å². The fourth-order valence-electron chi connectivity index (χ4n) is 1.65. The molecule has 1 aromatic heterocycles. The van der Waals surface area contributed by atoms with Crippen molar-refractivity contribution in [3.63, 3.8) is 0 Å². The maximum Gasteiger partial charge on any atom is 0.255 e. The highest BCUT2D eigenvalue weighted by Crippen LogP contribution is 2.16. The number of carbonyl (C=O) groups excluding carboxylic acids is 1. The number of aliphatic hydroxyl groups is 1. The summed E-state index contributed by atoms with van der Waals surface area (Å²) in [4.78, 5) is 17.6. The van der Waals surface area contributed by atoms with Crippen molar-refractivity contribution in [3.05, 3.63) is 27.6 Å². The van der Waals surface area contributed by atoms with E-state index in [1.807, 2.05) is 0 Å². The van der Waals surface area contributed by atoms with Gasteiger partial charge in [-0.15, -0.1) is 0 Å². The molecule has 1 amide bonds. The lowest BCUT2D eigenvalue weighted by atomic mass is 10.2. The summed E-state index contributed by atoms with van der Waals surface area (Å²) in [5.74, 6) is -0.0154. The molecule has 5 heteroatoms. The lowest BCUT2D eigenvalue weighted by Crippen LogP contribution is -2.30. The Morgan fingerprint density at radius 2 is 2.47 bits per heavy atom. The fraction of sp³-hybridized carbons (Fsp3) is 0.400. The number of β-amino-alcohol motifs (C(OH)–C–C–N with tert-alkyl or cyclic N) is 1. The van der Waals surface area contributed by atoms with Gasteiger partial charge >= 0.3 is 0 Å². The van der Waals surface area contributed by atoms with Crippen molar-refractivity contribution in [2.45, 2.75) is 12.5 Å². The zero-order chi connectivity index (χ0) is 10.8. The van der Waals surface area contributed by atoms with Gasteiger partial charge in [0.25, 0.3) is 5.91 Å². The Balaban J connectivity index is 2.18. The van der Waals surface area contributed by atoms with Gasteiger partial charge in [0, 0.05) is 29.1 Å². The quantitative estimate of drug-likeness (QED) is 0.783.